The summed E-state index contributed by atoms with van der Waals surface area (Å²) in [6.07, 6.45) is 8.22. The maximum Gasteiger partial charge on any atom is 0.195 e. The minimum absolute atomic E-state index is 0.0810. The molecule has 0 amide bonds. The molecule has 0 bridgehead atoms. The van der Waals surface area contributed by atoms with Crippen LogP contribution in [0.2, 0.25) is 0 Å². The lowest BCUT2D eigenvalue weighted by Crippen LogP contribution is -2.04. The Balaban J connectivity index is 1.81. The van der Waals surface area contributed by atoms with Crippen LogP contribution in [0.25, 0.3) is 16.7 Å². The van der Waals surface area contributed by atoms with Crippen molar-refractivity contribution in [3.8, 4) is 0 Å². The number of hydrogen-bond acceptors (Lipinski definition) is 1. The maximum atomic E-state index is 13.9. The first-order chi connectivity index (χ1) is 14.3. The van der Waals surface area contributed by atoms with Gasteiger partial charge in [-0.05, 0) is 53.5 Å². The second-order valence-corrected chi connectivity index (χ2v) is 7.10. The average molecular weight is 371 g/mol. The van der Waals surface area contributed by atoms with E-state index in [-0.39, 0.29) is 5.78 Å². The van der Waals surface area contributed by atoms with Gasteiger partial charge in [0.2, 0.25) is 0 Å². The van der Waals surface area contributed by atoms with E-state index in [0.717, 1.165) is 44.9 Å². The molecule has 5 radical (unpaired) electrons. The van der Waals surface area contributed by atoms with Crippen LogP contribution in [-0.2, 0) is 4.79 Å². The van der Waals surface area contributed by atoms with Crippen molar-refractivity contribution in [3.63, 3.8) is 0 Å². The van der Waals surface area contributed by atoms with Crippen LogP contribution in [0.15, 0.2) is 96.6 Å². The van der Waals surface area contributed by atoms with E-state index in [1.165, 1.54) is 0 Å². The molecule has 0 spiro atoms. The van der Waals surface area contributed by atoms with Crippen molar-refractivity contribution in [1.29, 1.82) is 0 Å². The minimum atomic E-state index is 0.0810. The highest BCUT2D eigenvalue weighted by atomic mass is 16.1. The summed E-state index contributed by atoms with van der Waals surface area (Å²) in [5.41, 5.74) is 6.52. The zero-order valence-electron chi connectivity index (χ0n) is 15.9. The molecule has 0 aliphatic heterocycles. The number of allylic oxidation sites excluding steroid dienone is 4. The lowest BCUT2D eigenvalue weighted by Gasteiger charge is -2.18. The largest absolute Gasteiger partial charge is 0.289 e. The molecule has 0 N–H and O–H groups in total. The number of carbonyl (C=O) groups is 1. The Morgan fingerprint density at radius 3 is 1.24 bits per heavy atom. The summed E-state index contributed by atoms with van der Waals surface area (Å²) in [6.45, 7) is 0. The molecule has 1 fully saturated rings. The van der Waals surface area contributed by atoms with E-state index in [4.69, 9.17) is 0 Å². The van der Waals surface area contributed by atoms with Gasteiger partial charge >= 0.3 is 0 Å². The minimum Gasteiger partial charge on any atom is -0.289 e. The lowest BCUT2D eigenvalue weighted by molar-refractivity contribution is -0.108. The fraction of sp³-hybridized carbons (Fsp3) is 0. The Morgan fingerprint density at radius 1 is 0.414 bits per heavy atom. The third-order valence-electron chi connectivity index (χ3n) is 5.34. The topological polar surface area (TPSA) is 17.1 Å². The van der Waals surface area contributed by atoms with Gasteiger partial charge in [0.25, 0.3) is 0 Å². The van der Waals surface area contributed by atoms with E-state index in [2.05, 4.69) is 25.0 Å². The lowest BCUT2D eigenvalue weighted by atomic mass is 9.84. The van der Waals surface area contributed by atoms with Gasteiger partial charge < -0.3 is 0 Å². The maximum absolute atomic E-state index is 13.9. The van der Waals surface area contributed by atoms with E-state index in [1.807, 2.05) is 91.7 Å². The highest BCUT2D eigenvalue weighted by Crippen LogP contribution is 2.51. The third-order valence-corrected chi connectivity index (χ3v) is 5.34. The molecule has 1 heteroatoms. The van der Waals surface area contributed by atoms with Gasteiger partial charge in [-0.1, -0.05) is 91.0 Å². The standard InChI is InChI=1S/C28H19O/c29-28-26(22-14-6-2-7-15-22)24(20-12-4-1-5-13-20)25(21-18-10-11-19-21)27(28)23-16-8-3-9-17-23/h1-19H. The number of carbonyl (C=O) groups excluding carboxylic acids is 1. The second kappa shape index (κ2) is 7.67. The van der Waals surface area contributed by atoms with Crippen molar-refractivity contribution in [2.24, 2.45) is 0 Å². The quantitative estimate of drug-likeness (QED) is 0.546. The van der Waals surface area contributed by atoms with E-state index < -0.39 is 0 Å². The van der Waals surface area contributed by atoms with Gasteiger partial charge in [-0.2, -0.15) is 0 Å². The van der Waals surface area contributed by atoms with E-state index in [1.54, 1.807) is 0 Å². The number of benzene rings is 3. The van der Waals surface area contributed by atoms with Crippen LogP contribution in [0, 0.1) is 31.6 Å². The Hall–Kier alpha value is -3.19. The first-order valence-corrected chi connectivity index (χ1v) is 9.76. The van der Waals surface area contributed by atoms with Gasteiger partial charge in [-0.3, -0.25) is 4.79 Å². The Bertz CT molecular complexity index is 1080. The summed E-state index contributed by atoms with van der Waals surface area (Å²) in [6, 6.07) is 30.2. The summed E-state index contributed by atoms with van der Waals surface area (Å²) in [4.78, 5) is 13.9. The summed E-state index contributed by atoms with van der Waals surface area (Å²) in [7, 11) is 0. The molecule has 2 aliphatic carbocycles. The van der Waals surface area contributed by atoms with Gasteiger partial charge in [0, 0.05) is 17.1 Å². The van der Waals surface area contributed by atoms with Crippen LogP contribution >= 0.6 is 0 Å². The van der Waals surface area contributed by atoms with E-state index in [0.29, 0.717) is 0 Å². The molecule has 0 heterocycles. The van der Waals surface area contributed by atoms with Crippen LogP contribution < -0.4 is 0 Å². The molecule has 2 aliphatic rings. The van der Waals surface area contributed by atoms with Gasteiger partial charge in [-0.25, -0.2) is 0 Å². The normalized spacial score (nSPS) is 17.4. The highest BCUT2D eigenvalue weighted by Gasteiger charge is 2.39. The van der Waals surface area contributed by atoms with E-state index in [9.17, 15) is 4.79 Å². The van der Waals surface area contributed by atoms with Crippen molar-refractivity contribution in [2.75, 3.05) is 0 Å². The predicted octanol–water partition coefficient (Wildman–Crippen LogP) is 6.04. The molecule has 0 atom stereocenters. The third kappa shape index (κ3) is 3.17. The van der Waals surface area contributed by atoms with Crippen LogP contribution in [0.4, 0.5) is 0 Å². The van der Waals surface area contributed by atoms with Crippen molar-refractivity contribution in [3.05, 3.63) is 145 Å². The fourth-order valence-corrected chi connectivity index (χ4v) is 4.09. The number of Topliss-reactive ketones (excluding diaryl/α,β-unsaturated/α-hetero) is 1. The number of rotatable bonds is 4. The zero-order chi connectivity index (χ0) is 19.6. The zero-order valence-corrected chi connectivity index (χ0v) is 15.9. The molecule has 1 saturated carbocycles. The monoisotopic (exact) mass is 371 g/mol. The van der Waals surface area contributed by atoms with Crippen molar-refractivity contribution in [2.45, 2.75) is 0 Å². The molecule has 29 heavy (non-hydrogen) atoms. The van der Waals surface area contributed by atoms with Crippen LogP contribution in [0.1, 0.15) is 16.7 Å². The molecular formula is C28H19O. The van der Waals surface area contributed by atoms with Crippen LogP contribution in [0.5, 0.6) is 0 Å². The average Bonchev–Trinajstić information content (AvgIpc) is 3.41. The molecular weight excluding hydrogens is 352 g/mol. The summed E-state index contributed by atoms with van der Waals surface area (Å²) < 4.78 is 0. The summed E-state index contributed by atoms with van der Waals surface area (Å²) >= 11 is 0. The fourth-order valence-electron chi connectivity index (χ4n) is 4.09. The molecule has 0 unspecified atom stereocenters. The molecule has 137 valence electrons. The highest BCUT2D eigenvalue weighted by molar-refractivity contribution is 6.53. The van der Waals surface area contributed by atoms with Gasteiger partial charge in [-0.15, -0.1) is 0 Å². The van der Waals surface area contributed by atoms with Crippen LogP contribution in [-0.4, -0.2) is 5.78 Å². The van der Waals surface area contributed by atoms with Crippen LogP contribution in [0.3, 0.4) is 0 Å². The summed E-state index contributed by atoms with van der Waals surface area (Å²) in [5, 5.41) is 0. The Kier molecular flexibility index (Phi) is 4.73. The smallest absolute Gasteiger partial charge is 0.195 e. The van der Waals surface area contributed by atoms with Crippen molar-refractivity contribution >= 4 is 22.5 Å². The first-order valence-electron chi connectivity index (χ1n) is 9.76. The van der Waals surface area contributed by atoms with Gasteiger partial charge in [0.1, 0.15) is 0 Å². The Morgan fingerprint density at radius 2 is 0.793 bits per heavy atom. The van der Waals surface area contributed by atoms with Crippen molar-refractivity contribution in [1.82, 2.24) is 0 Å². The molecule has 1 nitrogen and oxygen atoms in total. The van der Waals surface area contributed by atoms with Gasteiger partial charge in [0.15, 0.2) is 5.78 Å². The summed E-state index contributed by atoms with van der Waals surface area (Å²) in [5.74, 6) is 1.15. The number of hydrogen-bond donors (Lipinski definition) is 0. The predicted molar refractivity (Wildman–Crippen MR) is 119 cm³/mol. The molecule has 5 rings (SSSR count). The second-order valence-electron chi connectivity index (χ2n) is 7.10. The van der Waals surface area contributed by atoms with Gasteiger partial charge in [0.05, 0.1) is 0 Å². The molecule has 0 saturated heterocycles. The molecule has 3 aromatic carbocycles. The first kappa shape index (κ1) is 17.9. The number of ketones is 1. The van der Waals surface area contributed by atoms with E-state index >= 15 is 0 Å². The Labute approximate surface area is 172 Å². The van der Waals surface area contributed by atoms with Crippen molar-refractivity contribution < 1.29 is 4.79 Å². The molecule has 0 aromatic heterocycles. The SMILES string of the molecule is O=C1C(c2ccccc2)=C([C]2[CH][CH][CH][CH]2)C(c2ccccc2)=C1c1ccccc1. The molecule has 3 aromatic rings.